The second kappa shape index (κ2) is 16.3. The third-order valence-corrected chi connectivity index (χ3v) is 12.2. The van der Waals surface area contributed by atoms with Crippen molar-refractivity contribution in [3.05, 3.63) is 138 Å². The van der Waals surface area contributed by atoms with Crippen molar-refractivity contribution in [1.82, 2.24) is 24.7 Å². The number of aryl methyl sites for hydroxylation is 4. The van der Waals surface area contributed by atoms with Gasteiger partial charge in [0.15, 0.2) is 5.82 Å². The third-order valence-electron chi connectivity index (χ3n) is 10.2. The zero-order chi connectivity index (χ0) is 48.6. The molecule has 0 fully saturated rings. The first-order chi connectivity index (χ1) is 31.3. The molecule has 7 nitrogen and oxygen atoms in total. The molecule has 0 unspecified atom stereocenters. The minimum atomic E-state index is -2.55. The maximum absolute atomic E-state index is 10.3. The van der Waals surface area contributed by atoms with E-state index in [1.807, 2.05) is 61.7 Å². The van der Waals surface area contributed by atoms with Crippen molar-refractivity contribution in [2.75, 3.05) is 0 Å². The van der Waals surface area contributed by atoms with Gasteiger partial charge in [-0.15, -0.1) is 53.6 Å². The number of aromatic nitrogens is 5. The van der Waals surface area contributed by atoms with Crippen molar-refractivity contribution in [3.8, 4) is 40.0 Å². The molecular formula is C51H48IrN6OSi-2. The summed E-state index contributed by atoms with van der Waals surface area (Å²) in [7, 11) is 0.467. The first-order valence-electron chi connectivity index (χ1n) is 23.3. The first-order valence-corrected chi connectivity index (χ1v) is 22.8. The fraction of sp³-hybridized carbons (Fsp3) is 0.235. The van der Waals surface area contributed by atoms with Crippen molar-refractivity contribution in [3.63, 3.8) is 0 Å². The Hall–Kier alpha value is -5.78. The number of hydrogen-bond donors (Lipinski definition) is 0. The van der Waals surface area contributed by atoms with Crippen LogP contribution in [0.1, 0.15) is 59.8 Å². The van der Waals surface area contributed by atoms with Crippen LogP contribution in [0.15, 0.2) is 102 Å². The molecule has 303 valence electrons. The number of fused-ring (bicyclic) bond motifs is 7. The van der Waals surface area contributed by atoms with Crippen LogP contribution in [0.5, 0.6) is 0 Å². The molecule has 0 N–H and O–H groups in total. The van der Waals surface area contributed by atoms with E-state index in [1.54, 1.807) is 50.7 Å². The summed E-state index contributed by atoms with van der Waals surface area (Å²) in [5.41, 5.74) is 4.14. The largest absolute Gasteiger partial charge is 0.500 e. The van der Waals surface area contributed by atoms with Crippen LogP contribution < -0.4 is 5.19 Å². The van der Waals surface area contributed by atoms with Gasteiger partial charge in [0.1, 0.15) is 17.5 Å². The molecule has 0 aliphatic heterocycles. The Morgan fingerprint density at radius 3 is 2.25 bits per heavy atom. The number of nitrogens with zero attached hydrogens (tertiary/aromatic N) is 6. The molecule has 0 amide bonds. The number of rotatable bonds is 5. The van der Waals surface area contributed by atoms with Crippen LogP contribution in [0.2, 0.25) is 19.6 Å². The molecule has 0 saturated carbocycles. The number of hydrogen-bond acceptors (Lipinski definition) is 6. The van der Waals surface area contributed by atoms with E-state index in [9.17, 15) is 5.26 Å². The SMILES string of the molecule is [2H]C([2H])([2H])c1c[c-]c(-c2ccc([Si](C)(C)C)cn2)cc1.[2H]C([2H])([2H])c1cnc(-c2[c-]ccc3c2oc2c3ccc3ccc4c(C#N)c(-c5nc(C)nn5C)ccc4c32)cc1C([2H])([2H])C(C)(C)C.[Ir]. The number of benzene rings is 5. The summed E-state index contributed by atoms with van der Waals surface area (Å²) in [5, 5.41) is 21.0. The van der Waals surface area contributed by atoms with Gasteiger partial charge in [0.05, 0.1) is 19.2 Å². The molecule has 1 radical (unpaired) electrons. The van der Waals surface area contributed by atoms with E-state index in [2.05, 4.69) is 64.0 Å². The first kappa shape index (κ1) is 33.0. The Bertz CT molecular complexity index is 3360. The summed E-state index contributed by atoms with van der Waals surface area (Å²) >= 11 is 0. The predicted molar refractivity (Wildman–Crippen MR) is 244 cm³/mol. The molecule has 5 aromatic carbocycles. The smallest absolute Gasteiger partial charge is 0.159 e. The third kappa shape index (κ3) is 8.20. The zero-order valence-electron chi connectivity index (χ0n) is 42.7. The summed E-state index contributed by atoms with van der Waals surface area (Å²) in [6, 6.07) is 34.6. The van der Waals surface area contributed by atoms with Crippen LogP contribution in [-0.4, -0.2) is 32.8 Å². The van der Waals surface area contributed by atoms with E-state index in [0.717, 1.165) is 43.6 Å². The molecule has 0 bridgehead atoms. The van der Waals surface area contributed by atoms with Gasteiger partial charge in [0.2, 0.25) is 0 Å². The van der Waals surface area contributed by atoms with Gasteiger partial charge in [-0.2, -0.15) is 10.4 Å². The fourth-order valence-corrected chi connectivity index (χ4v) is 8.38. The van der Waals surface area contributed by atoms with Gasteiger partial charge >= 0.3 is 0 Å². The Labute approximate surface area is 378 Å². The minimum absolute atomic E-state index is 0. The van der Waals surface area contributed by atoms with Crippen LogP contribution in [0.25, 0.3) is 77.4 Å². The molecule has 9 aromatic rings. The Kier molecular flexibility index (Phi) is 8.99. The van der Waals surface area contributed by atoms with E-state index in [-0.39, 0.29) is 31.2 Å². The second-order valence-corrected chi connectivity index (χ2v) is 21.8. The van der Waals surface area contributed by atoms with Crippen LogP contribution in [0.3, 0.4) is 0 Å². The van der Waals surface area contributed by atoms with Gasteiger partial charge in [-0.05, 0) is 64.5 Å². The molecule has 9 rings (SSSR count). The molecule has 0 aliphatic rings. The molecule has 4 aromatic heterocycles. The monoisotopic (exact) mass is 989 g/mol. The second-order valence-electron chi connectivity index (χ2n) is 16.8. The van der Waals surface area contributed by atoms with Gasteiger partial charge < -0.3 is 14.4 Å². The average Bonchev–Trinajstić information content (AvgIpc) is 3.82. The average molecular weight is 989 g/mol. The van der Waals surface area contributed by atoms with E-state index in [0.29, 0.717) is 50.8 Å². The Morgan fingerprint density at radius 2 is 1.62 bits per heavy atom. The van der Waals surface area contributed by atoms with E-state index in [4.69, 9.17) is 15.4 Å². The number of nitriles is 1. The molecule has 0 atom stereocenters. The molecular weight excluding hydrogens is 933 g/mol. The maximum atomic E-state index is 10.3. The van der Waals surface area contributed by atoms with Crippen LogP contribution in [-0.2, 0) is 33.5 Å². The molecule has 0 aliphatic carbocycles. The van der Waals surface area contributed by atoms with Crippen molar-refractivity contribution in [1.29, 1.82) is 5.26 Å². The summed E-state index contributed by atoms with van der Waals surface area (Å²) in [6.45, 7) is 9.24. The fourth-order valence-electron chi connectivity index (χ4n) is 7.35. The summed E-state index contributed by atoms with van der Waals surface area (Å²) in [4.78, 5) is 13.5. The molecule has 9 heteroatoms. The summed E-state index contributed by atoms with van der Waals surface area (Å²) < 4.78 is 72.6. The van der Waals surface area contributed by atoms with Crippen LogP contribution in [0.4, 0.5) is 0 Å². The van der Waals surface area contributed by atoms with Crippen molar-refractivity contribution in [2.24, 2.45) is 12.5 Å². The van der Waals surface area contributed by atoms with E-state index < -0.39 is 33.6 Å². The van der Waals surface area contributed by atoms with Crippen LogP contribution >= 0.6 is 0 Å². The number of pyridine rings is 2. The van der Waals surface area contributed by atoms with Crippen molar-refractivity contribution >= 4 is 56.7 Å². The van der Waals surface area contributed by atoms with Gasteiger partial charge in [0.25, 0.3) is 0 Å². The Balaban J connectivity index is 0.000000274. The predicted octanol–water partition coefficient (Wildman–Crippen LogP) is 12.0. The molecule has 0 spiro atoms. The summed E-state index contributed by atoms with van der Waals surface area (Å²) in [6.07, 6.45) is 1.19. The van der Waals surface area contributed by atoms with Gasteiger partial charge in [-0.3, -0.25) is 0 Å². The maximum Gasteiger partial charge on any atom is 0.159 e. The van der Waals surface area contributed by atoms with Gasteiger partial charge in [-0.25, -0.2) is 9.67 Å². The Morgan fingerprint density at radius 1 is 0.867 bits per heavy atom. The van der Waals surface area contributed by atoms with Crippen LogP contribution in [0, 0.1) is 49.5 Å². The minimum Gasteiger partial charge on any atom is -0.500 e. The van der Waals surface area contributed by atoms with E-state index in [1.165, 1.54) is 23.5 Å². The standard InChI is InChI=1S/C36H30N5O.C15H18NSi.Ir/c1-20-19-38-31(16-23(20)17-36(3,4)5)29-9-7-8-26-27-13-11-22-10-12-24-25(32(22)34(27)42-33(26)29)14-15-28(30(24)18-37)35-39-21(2)40-41(35)6;1-12-5-7-13(8-6-12)15-10-9-14(11-16-15)17(2,3)4;/h7-8,10-16,19H,17H2,1-6H3;5-7,9-11H,1-4H3;/q2*-1;/i1D3,17D2;1D3;. The van der Waals surface area contributed by atoms with Gasteiger partial charge in [-0.1, -0.05) is 112 Å². The van der Waals surface area contributed by atoms with Crippen molar-refractivity contribution in [2.45, 2.75) is 67.4 Å². The molecule has 4 heterocycles. The normalized spacial score (nSPS) is 14.4. The van der Waals surface area contributed by atoms with Gasteiger partial charge in [0, 0.05) is 72.2 Å². The van der Waals surface area contributed by atoms with E-state index >= 15 is 0 Å². The van der Waals surface area contributed by atoms with Crippen molar-refractivity contribution < 1.29 is 35.5 Å². The topological polar surface area (TPSA) is 93.4 Å². The molecule has 0 saturated heterocycles. The number of furan rings is 1. The summed E-state index contributed by atoms with van der Waals surface area (Å²) in [5.74, 6) is 1.22. The quantitative estimate of drug-likeness (QED) is 0.0969. The zero-order valence-corrected chi connectivity index (χ0v) is 38.1. The molecule has 60 heavy (non-hydrogen) atoms.